The van der Waals surface area contributed by atoms with Crippen molar-refractivity contribution in [2.75, 3.05) is 26.9 Å². The first-order valence-electron chi connectivity index (χ1n) is 16.0. The molecule has 42 heavy (non-hydrogen) atoms. The lowest BCUT2D eigenvalue weighted by Crippen LogP contribution is -2.57. The van der Waals surface area contributed by atoms with Gasteiger partial charge in [0.15, 0.2) is 22.4 Å². The van der Waals surface area contributed by atoms with Gasteiger partial charge in [0.05, 0.1) is 25.4 Å². The van der Waals surface area contributed by atoms with Gasteiger partial charge in [0.1, 0.15) is 6.10 Å². The van der Waals surface area contributed by atoms with E-state index in [1.165, 1.54) is 5.56 Å². The van der Waals surface area contributed by atoms with Crippen LogP contribution in [0.15, 0.2) is 30.3 Å². The molecule has 0 spiro atoms. The largest absolute Gasteiger partial charge is 0.417 e. The van der Waals surface area contributed by atoms with Crippen molar-refractivity contribution in [3.05, 3.63) is 35.9 Å². The molecule has 8 heteroatoms. The molecular weight excluding hydrogens is 561 g/mol. The van der Waals surface area contributed by atoms with E-state index in [4.69, 9.17) is 27.8 Å². The van der Waals surface area contributed by atoms with Crippen LogP contribution in [0.4, 0.5) is 0 Å². The second kappa shape index (κ2) is 15.1. The fourth-order valence-corrected chi connectivity index (χ4v) is 7.35. The van der Waals surface area contributed by atoms with Gasteiger partial charge in [-0.15, -0.1) is 0 Å². The van der Waals surface area contributed by atoms with E-state index in [1.807, 2.05) is 19.9 Å². The summed E-state index contributed by atoms with van der Waals surface area (Å²) >= 11 is 0. The zero-order chi connectivity index (χ0) is 32.0. The van der Waals surface area contributed by atoms with Gasteiger partial charge in [0, 0.05) is 26.2 Å². The van der Waals surface area contributed by atoms with Crippen LogP contribution in [0.1, 0.15) is 80.7 Å². The van der Waals surface area contributed by atoms with Crippen LogP contribution in [-0.4, -0.2) is 67.7 Å². The van der Waals surface area contributed by atoms with Gasteiger partial charge in [0.25, 0.3) is 0 Å². The number of methoxy groups -OCH3 is 1. The molecule has 1 aliphatic heterocycles. The van der Waals surface area contributed by atoms with Gasteiger partial charge in [-0.3, -0.25) is 0 Å². The monoisotopic (exact) mass is 624 g/mol. The molecule has 0 saturated carbocycles. The Kier molecular flexibility index (Phi) is 13.5. The molecule has 1 aliphatic rings. The number of hydrogen-bond acceptors (Lipinski definition) is 6. The van der Waals surface area contributed by atoms with Crippen molar-refractivity contribution in [2.24, 2.45) is 11.8 Å². The molecule has 0 aliphatic carbocycles. The normalized spacial score (nSPS) is 22.5. The molecule has 1 aromatic carbocycles. The standard InChI is InChI=1S/C34H64O6Si2/c1-26(23-36-24-27-18-16-15-17-19-27)22-28-25-37-34(8,9)39-30(28)31(35-10)29(40-42(13,14)33(5,6)7)20-21-38-41(11,12)32(2,3)4/h15-19,26,28-31H,20-25H2,1-14H3/t26-,28-,29-,30+,31+/m1/s1. The highest BCUT2D eigenvalue weighted by Crippen LogP contribution is 2.41. The van der Waals surface area contributed by atoms with Crippen molar-refractivity contribution >= 4 is 16.6 Å². The summed E-state index contributed by atoms with van der Waals surface area (Å²) in [5, 5.41) is 0.227. The third kappa shape index (κ3) is 11.1. The van der Waals surface area contributed by atoms with Crippen LogP contribution < -0.4 is 0 Å². The summed E-state index contributed by atoms with van der Waals surface area (Å²) in [7, 11) is -2.21. The van der Waals surface area contributed by atoms with Crippen molar-refractivity contribution in [3.63, 3.8) is 0 Å². The molecule has 0 unspecified atom stereocenters. The van der Waals surface area contributed by atoms with Gasteiger partial charge in [-0.2, -0.15) is 0 Å². The average Bonchev–Trinajstić information content (AvgIpc) is 2.84. The molecule has 0 aromatic heterocycles. The number of benzene rings is 1. The van der Waals surface area contributed by atoms with Crippen molar-refractivity contribution in [3.8, 4) is 0 Å². The summed E-state index contributed by atoms with van der Waals surface area (Å²) in [4.78, 5) is 0. The topological polar surface area (TPSA) is 55.4 Å². The second-order valence-electron chi connectivity index (χ2n) is 15.9. The Balaban J connectivity index is 2.25. The van der Waals surface area contributed by atoms with E-state index < -0.39 is 22.4 Å². The predicted octanol–water partition coefficient (Wildman–Crippen LogP) is 8.81. The van der Waals surface area contributed by atoms with Crippen LogP contribution in [0.3, 0.4) is 0 Å². The van der Waals surface area contributed by atoms with Crippen molar-refractivity contribution in [1.29, 1.82) is 0 Å². The molecule has 1 heterocycles. The Bertz CT molecular complexity index is 922. The SMILES string of the molecule is CO[C@H]([C@H]1OC(C)(C)OC[C@H]1C[C@@H](C)COCc1ccccc1)[C@@H](CCO[Si](C)(C)C(C)(C)C)O[Si](C)(C)C(C)(C)C. The first-order valence-corrected chi connectivity index (χ1v) is 21.8. The van der Waals surface area contributed by atoms with Gasteiger partial charge in [-0.1, -0.05) is 78.8 Å². The summed E-state index contributed by atoms with van der Waals surface area (Å²) in [6.45, 7) is 31.8. The molecule has 1 saturated heterocycles. The second-order valence-corrected chi connectivity index (χ2v) is 25.5. The summed E-state index contributed by atoms with van der Waals surface area (Å²) in [5.74, 6) is -0.191. The van der Waals surface area contributed by atoms with Crippen LogP contribution in [0.5, 0.6) is 0 Å². The fourth-order valence-electron chi connectivity index (χ4n) is 4.92. The van der Waals surface area contributed by atoms with E-state index in [0.717, 1.165) is 12.8 Å². The molecule has 0 amide bonds. The first kappa shape index (κ1) is 37.6. The number of ether oxygens (including phenoxy) is 4. The Labute approximate surface area is 260 Å². The van der Waals surface area contributed by atoms with Gasteiger partial charge < -0.3 is 27.8 Å². The molecule has 5 atom stereocenters. The molecular formula is C34H64O6Si2. The lowest BCUT2D eigenvalue weighted by Gasteiger charge is -2.48. The highest BCUT2D eigenvalue weighted by atomic mass is 28.4. The van der Waals surface area contributed by atoms with Gasteiger partial charge in [-0.25, -0.2) is 0 Å². The van der Waals surface area contributed by atoms with E-state index in [2.05, 4.69) is 98.9 Å². The zero-order valence-corrected chi connectivity index (χ0v) is 31.5. The van der Waals surface area contributed by atoms with Crippen molar-refractivity contribution < 1.29 is 27.8 Å². The Hall–Kier alpha value is -0.586. The average molecular weight is 625 g/mol. The minimum Gasteiger partial charge on any atom is -0.417 e. The van der Waals surface area contributed by atoms with E-state index >= 15 is 0 Å². The minimum atomic E-state index is -2.11. The number of hydrogen-bond donors (Lipinski definition) is 0. The zero-order valence-electron chi connectivity index (χ0n) is 29.5. The van der Waals surface area contributed by atoms with E-state index in [-0.39, 0.29) is 34.3 Å². The predicted molar refractivity (Wildman–Crippen MR) is 179 cm³/mol. The molecule has 0 radical (unpaired) electrons. The van der Waals surface area contributed by atoms with Crippen LogP contribution in [-0.2, 0) is 34.4 Å². The van der Waals surface area contributed by atoms with Crippen LogP contribution in [0, 0.1) is 11.8 Å². The number of rotatable bonds is 15. The molecule has 6 nitrogen and oxygen atoms in total. The Morgan fingerprint density at radius 1 is 0.952 bits per heavy atom. The first-order chi connectivity index (χ1) is 19.2. The Morgan fingerprint density at radius 3 is 2.10 bits per heavy atom. The van der Waals surface area contributed by atoms with E-state index in [9.17, 15) is 0 Å². The lowest BCUT2D eigenvalue weighted by molar-refractivity contribution is -0.317. The summed E-state index contributed by atoms with van der Waals surface area (Å²) in [6, 6.07) is 10.3. The molecule has 0 N–H and O–H groups in total. The highest BCUT2D eigenvalue weighted by Gasteiger charge is 2.48. The quantitative estimate of drug-likeness (QED) is 0.182. The Morgan fingerprint density at radius 2 is 1.55 bits per heavy atom. The van der Waals surface area contributed by atoms with Crippen LogP contribution in [0.2, 0.25) is 36.3 Å². The van der Waals surface area contributed by atoms with Gasteiger partial charge >= 0.3 is 0 Å². The summed E-state index contributed by atoms with van der Waals surface area (Å²) < 4.78 is 39.2. The molecule has 1 fully saturated rings. The van der Waals surface area contributed by atoms with Crippen LogP contribution in [0.25, 0.3) is 0 Å². The van der Waals surface area contributed by atoms with E-state index in [0.29, 0.717) is 32.3 Å². The maximum atomic E-state index is 7.15. The molecule has 0 bridgehead atoms. The molecule has 2 rings (SSSR count). The van der Waals surface area contributed by atoms with Crippen LogP contribution >= 0.6 is 0 Å². The maximum Gasteiger partial charge on any atom is 0.192 e. The third-order valence-corrected chi connectivity index (χ3v) is 18.7. The third-order valence-electron chi connectivity index (χ3n) is 9.63. The molecule has 1 aromatic rings. The van der Waals surface area contributed by atoms with Gasteiger partial charge in [-0.05, 0) is 74.4 Å². The van der Waals surface area contributed by atoms with Crippen molar-refractivity contribution in [2.45, 2.75) is 142 Å². The summed E-state index contributed by atoms with van der Waals surface area (Å²) in [5.41, 5.74) is 1.19. The minimum absolute atomic E-state index is 0.0731. The van der Waals surface area contributed by atoms with E-state index in [1.54, 1.807) is 7.11 Å². The smallest absolute Gasteiger partial charge is 0.192 e. The highest BCUT2D eigenvalue weighted by molar-refractivity contribution is 6.74. The molecule has 244 valence electrons. The lowest BCUT2D eigenvalue weighted by atomic mass is 9.86. The maximum absolute atomic E-state index is 7.15. The summed E-state index contributed by atoms with van der Waals surface area (Å²) in [6.07, 6.45) is 1.13. The fraction of sp³-hybridized carbons (Fsp3) is 0.824. The van der Waals surface area contributed by atoms with Crippen molar-refractivity contribution in [1.82, 2.24) is 0 Å². The van der Waals surface area contributed by atoms with Gasteiger partial charge in [0.2, 0.25) is 0 Å².